The fraction of sp³-hybridized carbons (Fsp3) is 0.500. The van der Waals surface area contributed by atoms with E-state index in [0.29, 0.717) is 23.6 Å². The Kier molecular flexibility index (Phi) is 4.29. The van der Waals surface area contributed by atoms with Gasteiger partial charge in [0.25, 0.3) is 0 Å². The molecule has 1 fully saturated rings. The van der Waals surface area contributed by atoms with Crippen molar-refractivity contribution in [2.75, 3.05) is 19.7 Å². The van der Waals surface area contributed by atoms with E-state index in [9.17, 15) is 4.39 Å². The molecule has 4 heteroatoms. The highest BCUT2D eigenvalue weighted by atomic mass is 19.1. The van der Waals surface area contributed by atoms with Crippen molar-refractivity contribution in [3.05, 3.63) is 35.1 Å². The van der Waals surface area contributed by atoms with Crippen LogP contribution in [0.2, 0.25) is 0 Å². The molecule has 0 amide bonds. The van der Waals surface area contributed by atoms with Crippen LogP contribution >= 0.6 is 0 Å². The van der Waals surface area contributed by atoms with Crippen LogP contribution in [0.5, 0.6) is 0 Å². The molecule has 1 saturated heterocycles. The van der Waals surface area contributed by atoms with E-state index in [4.69, 9.17) is 10.4 Å². The predicted octanol–water partition coefficient (Wildman–Crippen LogP) is 1.90. The first-order valence-corrected chi connectivity index (χ1v) is 6.24. The molecule has 0 aliphatic carbocycles. The Labute approximate surface area is 106 Å². The number of piperidine rings is 1. The van der Waals surface area contributed by atoms with Crippen molar-refractivity contribution in [3.63, 3.8) is 0 Å². The number of aliphatic hydroxyl groups is 1. The number of aliphatic hydroxyl groups excluding tert-OH is 1. The van der Waals surface area contributed by atoms with E-state index < -0.39 is 0 Å². The van der Waals surface area contributed by atoms with Crippen LogP contribution in [-0.2, 0) is 6.54 Å². The Bertz CT molecular complexity index is 448. The first kappa shape index (κ1) is 13.0. The zero-order valence-electron chi connectivity index (χ0n) is 10.3. The van der Waals surface area contributed by atoms with Gasteiger partial charge in [0.05, 0.1) is 11.6 Å². The minimum atomic E-state index is -0.252. The molecule has 96 valence electrons. The van der Waals surface area contributed by atoms with Gasteiger partial charge in [0, 0.05) is 18.7 Å². The van der Waals surface area contributed by atoms with E-state index in [1.807, 2.05) is 6.07 Å². The Morgan fingerprint density at radius 3 is 2.72 bits per heavy atom. The second-order valence-electron chi connectivity index (χ2n) is 4.82. The summed E-state index contributed by atoms with van der Waals surface area (Å²) < 4.78 is 13.6. The zero-order chi connectivity index (χ0) is 13.0. The molecule has 18 heavy (non-hydrogen) atoms. The van der Waals surface area contributed by atoms with Crippen LogP contribution in [0.1, 0.15) is 24.0 Å². The molecule has 1 aliphatic heterocycles. The van der Waals surface area contributed by atoms with Gasteiger partial charge in [-0.05, 0) is 50.0 Å². The molecule has 0 aromatic heterocycles. The van der Waals surface area contributed by atoms with Crippen molar-refractivity contribution in [3.8, 4) is 6.07 Å². The average Bonchev–Trinajstić information content (AvgIpc) is 2.42. The number of hydrogen-bond acceptors (Lipinski definition) is 3. The fourth-order valence-electron chi connectivity index (χ4n) is 2.33. The molecule has 0 radical (unpaired) electrons. The van der Waals surface area contributed by atoms with Gasteiger partial charge in [-0.1, -0.05) is 0 Å². The molecule has 0 saturated carbocycles. The number of nitrogens with zero attached hydrogens (tertiary/aromatic N) is 2. The number of nitriles is 1. The Hall–Kier alpha value is -1.44. The van der Waals surface area contributed by atoms with Gasteiger partial charge in [-0.3, -0.25) is 4.90 Å². The first-order chi connectivity index (χ1) is 8.72. The third-order valence-corrected chi connectivity index (χ3v) is 3.53. The molecule has 0 unspecified atom stereocenters. The molecular weight excluding hydrogens is 231 g/mol. The Morgan fingerprint density at radius 2 is 2.11 bits per heavy atom. The fourth-order valence-corrected chi connectivity index (χ4v) is 2.33. The topological polar surface area (TPSA) is 47.3 Å². The lowest BCUT2D eigenvalue weighted by Gasteiger charge is -2.31. The van der Waals surface area contributed by atoms with Crippen molar-refractivity contribution in [1.82, 2.24) is 4.90 Å². The smallest absolute Gasteiger partial charge is 0.127 e. The van der Waals surface area contributed by atoms with E-state index in [2.05, 4.69) is 4.90 Å². The minimum Gasteiger partial charge on any atom is -0.396 e. The van der Waals surface area contributed by atoms with Gasteiger partial charge in [-0.25, -0.2) is 4.39 Å². The monoisotopic (exact) mass is 248 g/mol. The maximum absolute atomic E-state index is 13.6. The maximum Gasteiger partial charge on any atom is 0.127 e. The van der Waals surface area contributed by atoms with E-state index in [1.165, 1.54) is 12.1 Å². The number of benzene rings is 1. The highest BCUT2D eigenvalue weighted by Crippen LogP contribution is 2.20. The second-order valence-corrected chi connectivity index (χ2v) is 4.82. The number of rotatable bonds is 3. The highest BCUT2D eigenvalue weighted by Gasteiger charge is 2.19. The molecule has 1 N–H and O–H groups in total. The Balaban J connectivity index is 2.00. The molecule has 2 rings (SSSR count). The van der Waals surface area contributed by atoms with Gasteiger partial charge >= 0.3 is 0 Å². The second kappa shape index (κ2) is 5.94. The molecule has 1 aromatic rings. The lowest BCUT2D eigenvalue weighted by molar-refractivity contribution is 0.126. The van der Waals surface area contributed by atoms with Crippen molar-refractivity contribution in [2.45, 2.75) is 19.4 Å². The molecule has 0 spiro atoms. The van der Waals surface area contributed by atoms with E-state index in [0.717, 1.165) is 25.9 Å². The van der Waals surface area contributed by atoms with Crippen molar-refractivity contribution in [2.24, 2.45) is 5.92 Å². The van der Waals surface area contributed by atoms with Crippen molar-refractivity contribution < 1.29 is 9.50 Å². The van der Waals surface area contributed by atoms with Crippen LogP contribution in [0.15, 0.2) is 18.2 Å². The van der Waals surface area contributed by atoms with E-state index >= 15 is 0 Å². The van der Waals surface area contributed by atoms with Gasteiger partial charge < -0.3 is 5.11 Å². The SMILES string of the molecule is N#Cc1ccc(F)c(CN2CCC(CO)CC2)c1. The van der Waals surface area contributed by atoms with Gasteiger partial charge in [0.1, 0.15) is 5.82 Å². The summed E-state index contributed by atoms with van der Waals surface area (Å²) in [5, 5.41) is 17.9. The first-order valence-electron chi connectivity index (χ1n) is 6.24. The highest BCUT2D eigenvalue weighted by molar-refractivity contribution is 5.33. The van der Waals surface area contributed by atoms with Gasteiger partial charge in [-0.2, -0.15) is 5.26 Å². The summed E-state index contributed by atoms with van der Waals surface area (Å²) in [5.74, 6) is 0.134. The van der Waals surface area contributed by atoms with Gasteiger partial charge in [-0.15, -0.1) is 0 Å². The van der Waals surface area contributed by atoms with E-state index in [-0.39, 0.29) is 12.4 Å². The van der Waals surface area contributed by atoms with Crippen LogP contribution in [-0.4, -0.2) is 29.7 Å². The quantitative estimate of drug-likeness (QED) is 0.888. The number of hydrogen-bond donors (Lipinski definition) is 1. The van der Waals surface area contributed by atoms with Crippen LogP contribution < -0.4 is 0 Å². The molecule has 1 heterocycles. The Morgan fingerprint density at radius 1 is 1.39 bits per heavy atom. The van der Waals surface area contributed by atoms with Crippen LogP contribution in [0.25, 0.3) is 0 Å². The van der Waals surface area contributed by atoms with Gasteiger partial charge in [0.15, 0.2) is 0 Å². The minimum absolute atomic E-state index is 0.242. The summed E-state index contributed by atoms with van der Waals surface area (Å²) in [7, 11) is 0. The maximum atomic E-state index is 13.6. The zero-order valence-corrected chi connectivity index (χ0v) is 10.3. The molecule has 3 nitrogen and oxygen atoms in total. The lowest BCUT2D eigenvalue weighted by Crippen LogP contribution is -2.34. The van der Waals surface area contributed by atoms with E-state index in [1.54, 1.807) is 6.07 Å². The lowest BCUT2D eigenvalue weighted by atomic mass is 9.97. The standard InChI is InChI=1S/C14H17FN2O/c15-14-2-1-12(8-16)7-13(14)9-17-5-3-11(10-18)4-6-17/h1-2,7,11,18H,3-6,9-10H2. The predicted molar refractivity (Wildman–Crippen MR) is 66.2 cm³/mol. The van der Waals surface area contributed by atoms with Crippen LogP contribution in [0, 0.1) is 23.1 Å². The molecule has 0 atom stereocenters. The van der Waals surface area contributed by atoms with Crippen LogP contribution in [0.3, 0.4) is 0 Å². The summed E-state index contributed by atoms with van der Waals surface area (Å²) in [5.41, 5.74) is 1.08. The van der Waals surface area contributed by atoms with Crippen molar-refractivity contribution >= 4 is 0 Å². The molecule has 1 aliphatic rings. The number of likely N-dealkylation sites (tertiary alicyclic amines) is 1. The largest absolute Gasteiger partial charge is 0.396 e. The molecule has 0 bridgehead atoms. The third-order valence-electron chi connectivity index (χ3n) is 3.53. The molecular formula is C14H17FN2O. The summed E-state index contributed by atoms with van der Waals surface area (Å²) >= 11 is 0. The van der Waals surface area contributed by atoms with Gasteiger partial charge in [0.2, 0.25) is 0 Å². The average molecular weight is 248 g/mol. The van der Waals surface area contributed by atoms with Crippen molar-refractivity contribution in [1.29, 1.82) is 5.26 Å². The van der Waals surface area contributed by atoms with Crippen LogP contribution in [0.4, 0.5) is 4.39 Å². The summed E-state index contributed by atoms with van der Waals surface area (Å²) in [4.78, 5) is 2.17. The summed E-state index contributed by atoms with van der Waals surface area (Å²) in [6.07, 6.45) is 1.91. The third kappa shape index (κ3) is 3.06. The number of halogens is 1. The summed E-state index contributed by atoms with van der Waals surface area (Å²) in [6, 6.07) is 6.50. The summed E-state index contributed by atoms with van der Waals surface area (Å²) in [6.45, 7) is 2.54. The normalized spacial score (nSPS) is 17.6. The molecule has 1 aromatic carbocycles.